The summed E-state index contributed by atoms with van der Waals surface area (Å²) in [6.45, 7) is 4.28. The van der Waals surface area contributed by atoms with Crippen molar-refractivity contribution >= 4 is 5.97 Å². The van der Waals surface area contributed by atoms with Crippen molar-refractivity contribution in [3.8, 4) is 0 Å². The number of esters is 1. The summed E-state index contributed by atoms with van der Waals surface area (Å²) < 4.78 is 4.84. The molecule has 66 valence electrons. The number of carbonyl (C=O) groups is 1. The maximum absolute atomic E-state index is 11.0. The van der Waals surface area contributed by atoms with Gasteiger partial charge in [0.1, 0.15) is 0 Å². The van der Waals surface area contributed by atoms with Gasteiger partial charge < -0.3 is 4.74 Å². The Morgan fingerprint density at radius 3 is 2.92 bits per heavy atom. The van der Waals surface area contributed by atoms with Gasteiger partial charge in [0.2, 0.25) is 0 Å². The van der Waals surface area contributed by atoms with Crippen molar-refractivity contribution in [2.45, 2.75) is 13.8 Å². The Morgan fingerprint density at radius 2 is 2.42 bits per heavy atom. The van der Waals surface area contributed by atoms with Crippen LogP contribution in [0.4, 0.5) is 0 Å². The van der Waals surface area contributed by atoms with Crippen molar-refractivity contribution in [2.24, 2.45) is 5.92 Å². The van der Waals surface area contributed by atoms with Crippen molar-refractivity contribution in [1.29, 1.82) is 0 Å². The van der Waals surface area contributed by atoms with E-state index in [4.69, 9.17) is 4.74 Å². The molecule has 0 aliphatic rings. The van der Waals surface area contributed by atoms with Crippen LogP contribution in [0.15, 0.2) is 0 Å². The summed E-state index contributed by atoms with van der Waals surface area (Å²) in [7, 11) is 0. The predicted octanol–water partition coefficient (Wildman–Crippen LogP) is 0.0125. The number of hydrogen-bond acceptors (Lipinski definition) is 5. The van der Waals surface area contributed by atoms with Crippen molar-refractivity contribution in [3.05, 3.63) is 5.82 Å². The van der Waals surface area contributed by atoms with Crippen molar-refractivity contribution < 1.29 is 9.53 Å². The first-order valence-electron chi connectivity index (χ1n) is 3.61. The fourth-order valence-corrected chi connectivity index (χ4v) is 0.556. The monoisotopic (exact) mass is 170 g/mol. The van der Waals surface area contributed by atoms with E-state index in [1.54, 1.807) is 0 Å². The second-order valence-corrected chi connectivity index (χ2v) is 2.74. The smallest absolute Gasteiger partial charge is 0.377 e. The number of carbonyl (C=O) groups excluding carboxylic acids is 1. The standard InChI is InChI=1S/C6H10N4O2/c1-4(2)3-12-6(11)5-7-9-10-8-5/h4H,3H2,1-2H3,(H,7,8,9,10). The van der Waals surface area contributed by atoms with E-state index in [2.05, 4.69) is 20.6 Å². The van der Waals surface area contributed by atoms with Gasteiger partial charge in [-0.15, -0.1) is 5.10 Å². The lowest BCUT2D eigenvalue weighted by atomic mass is 10.2. The van der Waals surface area contributed by atoms with E-state index in [1.807, 2.05) is 13.8 Å². The minimum absolute atomic E-state index is 0.0376. The van der Waals surface area contributed by atoms with E-state index >= 15 is 0 Å². The van der Waals surface area contributed by atoms with Gasteiger partial charge in [-0.25, -0.2) is 9.89 Å². The minimum atomic E-state index is -0.520. The van der Waals surface area contributed by atoms with Gasteiger partial charge in [0.15, 0.2) is 0 Å². The number of hydrogen-bond donors (Lipinski definition) is 1. The lowest BCUT2D eigenvalue weighted by Crippen LogP contribution is -2.11. The molecule has 0 saturated carbocycles. The first-order chi connectivity index (χ1) is 5.70. The molecule has 1 rings (SSSR count). The SMILES string of the molecule is CC(C)COC(=O)c1nnn[nH]1. The van der Waals surface area contributed by atoms with E-state index < -0.39 is 5.97 Å². The number of rotatable bonds is 3. The first-order valence-corrected chi connectivity index (χ1v) is 3.61. The second-order valence-electron chi connectivity index (χ2n) is 2.74. The summed E-state index contributed by atoms with van der Waals surface area (Å²) >= 11 is 0. The zero-order chi connectivity index (χ0) is 8.97. The molecule has 6 heteroatoms. The van der Waals surface area contributed by atoms with Gasteiger partial charge in [-0.1, -0.05) is 13.8 Å². The molecule has 1 N–H and O–H groups in total. The van der Waals surface area contributed by atoms with Gasteiger partial charge in [-0.05, 0) is 16.3 Å². The number of tetrazole rings is 1. The number of nitrogens with zero attached hydrogens (tertiary/aromatic N) is 3. The zero-order valence-electron chi connectivity index (χ0n) is 6.94. The van der Waals surface area contributed by atoms with E-state index in [0.29, 0.717) is 12.5 Å². The van der Waals surface area contributed by atoms with Crippen molar-refractivity contribution in [3.63, 3.8) is 0 Å². The van der Waals surface area contributed by atoms with Gasteiger partial charge >= 0.3 is 5.97 Å². The average Bonchev–Trinajstić information content (AvgIpc) is 2.51. The highest BCUT2D eigenvalue weighted by molar-refractivity contribution is 5.84. The maximum atomic E-state index is 11.0. The van der Waals surface area contributed by atoms with Gasteiger partial charge in [0.25, 0.3) is 5.82 Å². The van der Waals surface area contributed by atoms with Crippen LogP contribution in [0.1, 0.15) is 24.5 Å². The highest BCUT2D eigenvalue weighted by atomic mass is 16.5. The van der Waals surface area contributed by atoms with E-state index in [1.165, 1.54) is 0 Å². The molecular formula is C6H10N4O2. The van der Waals surface area contributed by atoms with E-state index in [-0.39, 0.29) is 5.82 Å². The topological polar surface area (TPSA) is 80.8 Å². The second kappa shape index (κ2) is 3.80. The first kappa shape index (κ1) is 8.63. The third kappa shape index (κ3) is 2.30. The van der Waals surface area contributed by atoms with Gasteiger partial charge in [-0.3, -0.25) is 0 Å². The van der Waals surface area contributed by atoms with E-state index in [0.717, 1.165) is 0 Å². The lowest BCUT2D eigenvalue weighted by molar-refractivity contribution is 0.0444. The van der Waals surface area contributed by atoms with Crippen molar-refractivity contribution in [1.82, 2.24) is 20.6 Å². The molecule has 0 aliphatic carbocycles. The molecule has 0 fully saturated rings. The summed E-state index contributed by atoms with van der Waals surface area (Å²) in [6, 6.07) is 0. The average molecular weight is 170 g/mol. The molecule has 0 amide bonds. The molecule has 0 unspecified atom stereocenters. The maximum Gasteiger partial charge on any atom is 0.377 e. The Bertz CT molecular complexity index is 244. The molecule has 0 aromatic carbocycles. The third-order valence-electron chi connectivity index (χ3n) is 1.09. The highest BCUT2D eigenvalue weighted by Crippen LogP contribution is 1.95. The van der Waals surface area contributed by atoms with Crippen LogP contribution < -0.4 is 0 Å². The molecular weight excluding hydrogens is 160 g/mol. The van der Waals surface area contributed by atoms with Crippen LogP contribution in [0, 0.1) is 5.92 Å². The van der Waals surface area contributed by atoms with Gasteiger partial charge in [0.05, 0.1) is 6.61 Å². The Kier molecular flexibility index (Phi) is 2.73. The molecule has 1 aromatic rings. The molecule has 1 heterocycles. The molecule has 0 aliphatic heterocycles. The quantitative estimate of drug-likeness (QED) is 0.646. The largest absolute Gasteiger partial charge is 0.459 e. The Hall–Kier alpha value is -1.46. The van der Waals surface area contributed by atoms with E-state index in [9.17, 15) is 4.79 Å². The number of aromatic nitrogens is 4. The fourth-order valence-electron chi connectivity index (χ4n) is 0.556. The number of H-pyrrole nitrogens is 1. The van der Waals surface area contributed by atoms with Gasteiger partial charge in [-0.2, -0.15) is 0 Å². The summed E-state index contributed by atoms with van der Waals surface area (Å²) in [4.78, 5) is 11.0. The van der Waals surface area contributed by atoms with Crippen LogP contribution >= 0.6 is 0 Å². The molecule has 0 saturated heterocycles. The van der Waals surface area contributed by atoms with Crippen molar-refractivity contribution in [2.75, 3.05) is 6.61 Å². The lowest BCUT2D eigenvalue weighted by Gasteiger charge is -2.03. The molecule has 0 spiro atoms. The van der Waals surface area contributed by atoms with Crippen LogP contribution in [-0.4, -0.2) is 33.2 Å². The van der Waals surface area contributed by atoms with Crippen LogP contribution in [0.25, 0.3) is 0 Å². The normalized spacial score (nSPS) is 10.2. The summed E-state index contributed by atoms with van der Waals surface area (Å²) in [6.07, 6.45) is 0. The van der Waals surface area contributed by atoms with Gasteiger partial charge in [0, 0.05) is 0 Å². The predicted molar refractivity (Wildman–Crippen MR) is 39.3 cm³/mol. The van der Waals surface area contributed by atoms with Crippen LogP contribution in [0.5, 0.6) is 0 Å². The summed E-state index contributed by atoms with van der Waals surface area (Å²) in [5.41, 5.74) is 0. The Balaban J connectivity index is 2.40. The molecule has 0 bridgehead atoms. The van der Waals surface area contributed by atoms with Crippen LogP contribution in [0.3, 0.4) is 0 Å². The Labute approximate surface area is 69.3 Å². The summed E-state index contributed by atoms with van der Waals surface area (Å²) in [5.74, 6) is -0.172. The Morgan fingerprint density at radius 1 is 1.67 bits per heavy atom. The number of nitrogens with one attached hydrogen (secondary N) is 1. The molecule has 0 radical (unpaired) electrons. The molecule has 0 atom stereocenters. The molecule has 1 aromatic heterocycles. The fraction of sp³-hybridized carbons (Fsp3) is 0.667. The minimum Gasteiger partial charge on any atom is -0.459 e. The molecule has 12 heavy (non-hydrogen) atoms. The highest BCUT2D eigenvalue weighted by Gasteiger charge is 2.11. The third-order valence-corrected chi connectivity index (χ3v) is 1.09. The summed E-state index contributed by atoms with van der Waals surface area (Å²) in [5, 5.41) is 12.2. The number of aromatic amines is 1. The molecule has 6 nitrogen and oxygen atoms in total. The van der Waals surface area contributed by atoms with Crippen LogP contribution in [0.2, 0.25) is 0 Å². The zero-order valence-corrected chi connectivity index (χ0v) is 6.94. The number of ether oxygens (including phenoxy) is 1. The van der Waals surface area contributed by atoms with Crippen LogP contribution in [-0.2, 0) is 4.74 Å².